The number of aryl methyl sites for hydroxylation is 1. The molecule has 0 bridgehead atoms. The molecule has 0 N–H and O–H groups in total. The van der Waals surface area contributed by atoms with Crippen molar-refractivity contribution in [1.29, 1.82) is 0 Å². The zero-order valence-corrected chi connectivity index (χ0v) is 8.73. The number of hydrogen-bond acceptors (Lipinski definition) is 3. The van der Waals surface area contributed by atoms with E-state index in [1.54, 1.807) is 7.11 Å². The van der Waals surface area contributed by atoms with Crippen molar-refractivity contribution < 1.29 is 4.74 Å². The number of likely N-dealkylation sites (tertiary alicyclic amines) is 1. The van der Waals surface area contributed by atoms with Gasteiger partial charge in [0.05, 0.1) is 11.8 Å². The van der Waals surface area contributed by atoms with E-state index in [0.29, 0.717) is 6.10 Å². The van der Waals surface area contributed by atoms with E-state index in [0.717, 1.165) is 25.3 Å². The molecule has 14 heavy (non-hydrogen) atoms. The standard InChI is InChI=1S/C11H16N2O/c1-9-3-4-10(12-5-9)6-13-7-11(8-13)14-2/h3-5,11H,6-8H2,1-2H3. The number of nitrogens with zero attached hydrogens (tertiary/aromatic N) is 2. The third-order valence-electron chi connectivity index (χ3n) is 2.62. The summed E-state index contributed by atoms with van der Waals surface area (Å²) in [7, 11) is 1.77. The second-order valence-electron chi connectivity index (χ2n) is 3.88. The Labute approximate surface area is 84.7 Å². The topological polar surface area (TPSA) is 25.4 Å². The Morgan fingerprint density at radius 2 is 2.29 bits per heavy atom. The maximum absolute atomic E-state index is 5.21. The fraction of sp³-hybridized carbons (Fsp3) is 0.545. The first kappa shape index (κ1) is 9.62. The molecular weight excluding hydrogens is 176 g/mol. The predicted octanol–water partition coefficient (Wildman–Crippen LogP) is 1.22. The highest BCUT2D eigenvalue weighted by Gasteiger charge is 2.26. The molecule has 1 saturated heterocycles. The molecule has 0 saturated carbocycles. The van der Waals surface area contributed by atoms with Crippen LogP contribution in [0.3, 0.4) is 0 Å². The van der Waals surface area contributed by atoms with Crippen LogP contribution in [0.2, 0.25) is 0 Å². The summed E-state index contributed by atoms with van der Waals surface area (Å²) >= 11 is 0. The summed E-state index contributed by atoms with van der Waals surface area (Å²) in [6, 6.07) is 4.20. The van der Waals surface area contributed by atoms with Gasteiger partial charge in [0.25, 0.3) is 0 Å². The molecule has 0 aromatic carbocycles. The third-order valence-corrected chi connectivity index (χ3v) is 2.62. The van der Waals surface area contributed by atoms with Crippen LogP contribution in [0.25, 0.3) is 0 Å². The molecule has 0 atom stereocenters. The average molecular weight is 192 g/mol. The van der Waals surface area contributed by atoms with E-state index in [1.165, 1.54) is 5.56 Å². The minimum absolute atomic E-state index is 0.431. The minimum Gasteiger partial charge on any atom is -0.379 e. The molecule has 0 radical (unpaired) electrons. The number of ether oxygens (including phenoxy) is 1. The van der Waals surface area contributed by atoms with Gasteiger partial charge in [-0.05, 0) is 18.6 Å². The molecule has 76 valence electrons. The van der Waals surface area contributed by atoms with Crippen molar-refractivity contribution in [2.24, 2.45) is 0 Å². The van der Waals surface area contributed by atoms with Gasteiger partial charge < -0.3 is 4.74 Å². The lowest BCUT2D eigenvalue weighted by Crippen LogP contribution is -2.51. The van der Waals surface area contributed by atoms with Crippen molar-refractivity contribution in [3.8, 4) is 0 Å². The lowest BCUT2D eigenvalue weighted by Gasteiger charge is -2.37. The van der Waals surface area contributed by atoms with Crippen LogP contribution in [0.5, 0.6) is 0 Å². The Kier molecular flexibility index (Phi) is 2.79. The van der Waals surface area contributed by atoms with Crippen LogP contribution in [0.4, 0.5) is 0 Å². The summed E-state index contributed by atoms with van der Waals surface area (Å²) in [5.74, 6) is 0. The SMILES string of the molecule is COC1CN(Cc2ccc(C)cn2)C1. The van der Waals surface area contributed by atoms with E-state index in [2.05, 4.69) is 28.9 Å². The molecule has 2 rings (SSSR count). The lowest BCUT2D eigenvalue weighted by molar-refractivity contribution is -0.0339. The smallest absolute Gasteiger partial charge is 0.0825 e. The summed E-state index contributed by atoms with van der Waals surface area (Å²) in [5, 5.41) is 0. The third kappa shape index (κ3) is 2.11. The van der Waals surface area contributed by atoms with E-state index in [1.807, 2.05) is 6.20 Å². The zero-order chi connectivity index (χ0) is 9.97. The Bertz CT molecular complexity index is 291. The van der Waals surface area contributed by atoms with Crippen molar-refractivity contribution >= 4 is 0 Å². The number of methoxy groups -OCH3 is 1. The van der Waals surface area contributed by atoms with E-state index in [9.17, 15) is 0 Å². The van der Waals surface area contributed by atoms with Crippen LogP contribution in [0.15, 0.2) is 18.3 Å². The lowest BCUT2D eigenvalue weighted by atomic mass is 10.1. The second kappa shape index (κ2) is 4.07. The molecule has 3 nitrogen and oxygen atoms in total. The first-order valence-electron chi connectivity index (χ1n) is 4.94. The van der Waals surface area contributed by atoms with Crippen molar-refractivity contribution in [3.63, 3.8) is 0 Å². The van der Waals surface area contributed by atoms with Crippen molar-refractivity contribution in [2.75, 3.05) is 20.2 Å². The first-order chi connectivity index (χ1) is 6.78. The normalized spacial score (nSPS) is 18.1. The maximum atomic E-state index is 5.21. The van der Waals surface area contributed by atoms with Crippen LogP contribution in [-0.4, -0.2) is 36.2 Å². The monoisotopic (exact) mass is 192 g/mol. The number of hydrogen-bond donors (Lipinski definition) is 0. The molecule has 2 heterocycles. The average Bonchev–Trinajstić information content (AvgIpc) is 2.13. The minimum atomic E-state index is 0.431. The van der Waals surface area contributed by atoms with Crippen LogP contribution in [0, 0.1) is 6.92 Å². The number of aromatic nitrogens is 1. The van der Waals surface area contributed by atoms with Gasteiger partial charge in [0.15, 0.2) is 0 Å². The second-order valence-corrected chi connectivity index (χ2v) is 3.88. The molecule has 1 aromatic rings. The molecule has 0 unspecified atom stereocenters. The first-order valence-corrected chi connectivity index (χ1v) is 4.94. The van der Waals surface area contributed by atoms with Gasteiger partial charge in [0, 0.05) is 32.9 Å². The van der Waals surface area contributed by atoms with Gasteiger partial charge in [0.1, 0.15) is 0 Å². The van der Waals surface area contributed by atoms with E-state index in [-0.39, 0.29) is 0 Å². The molecule has 1 aliphatic heterocycles. The van der Waals surface area contributed by atoms with Gasteiger partial charge in [-0.25, -0.2) is 0 Å². The Hall–Kier alpha value is -0.930. The highest BCUT2D eigenvalue weighted by Crippen LogP contribution is 2.13. The van der Waals surface area contributed by atoms with Gasteiger partial charge in [-0.2, -0.15) is 0 Å². The van der Waals surface area contributed by atoms with Gasteiger partial charge in [-0.3, -0.25) is 9.88 Å². The van der Waals surface area contributed by atoms with Gasteiger partial charge in [-0.15, -0.1) is 0 Å². The largest absolute Gasteiger partial charge is 0.379 e. The summed E-state index contributed by atoms with van der Waals surface area (Å²) in [4.78, 5) is 6.71. The Balaban J connectivity index is 1.84. The highest BCUT2D eigenvalue weighted by atomic mass is 16.5. The molecule has 1 fully saturated rings. The molecule has 0 aliphatic carbocycles. The van der Waals surface area contributed by atoms with Crippen LogP contribution < -0.4 is 0 Å². The van der Waals surface area contributed by atoms with Crippen molar-refractivity contribution in [2.45, 2.75) is 19.6 Å². The van der Waals surface area contributed by atoms with E-state index >= 15 is 0 Å². The zero-order valence-electron chi connectivity index (χ0n) is 8.73. The van der Waals surface area contributed by atoms with Crippen molar-refractivity contribution in [1.82, 2.24) is 9.88 Å². The molecule has 3 heteroatoms. The number of rotatable bonds is 3. The highest BCUT2D eigenvalue weighted by molar-refractivity contribution is 5.12. The van der Waals surface area contributed by atoms with Crippen LogP contribution in [0.1, 0.15) is 11.3 Å². The van der Waals surface area contributed by atoms with E-state index < -0.39 is 0 Å². The van der Waals surface area contributed by atoms with Gasteiger partial charge in [0.2, 0.25) is 0 Å². The van der Waals surface area contributed by atoms with Gasteiger partial charge >= 0.3 is 0 Å². The summed E-state index contributed by atoms with van der Waals surface area (Å²) in [6.45, 7) is 5.07. The Morgan fingerprint density at radius 3 is 2.86 bits per heavy atom. The Morgan fingerprint density at radius 1 is 1.50 bits per heavy atom. The summed E-state index contributed by atoms with van der Waals surface area (Å²) < 4.78 is 5.21. The van der Waals surface area contributed by atoms with Gasteiger partial charge in [-0.1, -0.05) is 6.07 Å². The quantitative estimate of drug-likeness (QED) is 0.720. The molecule has 0 amide bonds. The summed E-state index contributed by atoms with van der Waals surface area (Å²) in [6.07, 6.45) is 2.35. The molecule has 0 spiro atoms. The fourth-order valence-electron chi connectivity index (χ4n) is 1.62. The van der Waals surface area contributed by atoms with Crippen LogP contribution >= 0.6 is 0 Å². The van der Waals surface area contributed by atoms with Crippen molar-refractivity contribution in [3.05, 3.63) is 29.6 Å². The summed E-state index contributed by atoms with van der Waals surface area (Å²) in [5.41, 5.74) is 2.36. The van der Waals surface area contributed by atoms with Crippen LogP contribution in [-0.2, 0) is 11.3 Å². The molecule has 1 aromatic heterocycles. The number of pyridine rings is 1. The maximum Gasteiger partial charge on any atom is 0.0825 e. The van der Waals surface area contributed by atoms with E-state index in [4.69, 9.17) is 4.74 Å². The predicted molar refractivity (Wildman–Crippen MR) is 55.0 cm³/mol. The molecule has 1 aliphatic rings. The fourth-order valence-corrected chi connectivity index (χ4v) is 1.62. The molecular formula is C11H16N2O.